The minimum absolute atomic E-state index is 0.0156. The molecular weight excluding hydrogens is 360 g/mol. The van der Waals surface area contributed by atoms with Crippen LogP contribution in [0.3, 0.4) is 0 Å². The fraction of sp³-hybridized carbons (Fsp3) is 0.364. The first kappa shape index (κ1) is 21.0. The molecule has 27 heavy (non-hydrogen) atoms. The van der Waals surface area contributed by atoms with Crippen molar-refractivity contribution in [2.75, 3.05) is 6.54 Å². The topological polar surface area (TPSA) is 49.4 Å². The van der Waals surface area contributed by atoms with Crippen LogP contribution in [-0.4, -0.2) is 29.3 Å². The van der Waals surface area contributed by atoms with E-state index in [1.165, 1.54) is 5.56 Å². The van der Waals surface area contributed by atoms with Crippen molar-refractivity contribution < 1.29 is 9.59 Å². The summed E-state index contributed by atoms with van der Waals surface area (Å²) in [5.74, 6) is -0.150. The van der Waals surface area contributed by atoms with Gasteiger partial charge in [-0.3, -0.25) is 9.59 Å². The summed E-state index contributed by atoms with van der Waals surface area (Å²) in [6.07, 6.45) is 1.94. The van der Waals surface area contributed by atoms with Crippen LogP contribution in [0.15, 0.2) is 54.6 Å². The zero-order valence-corrected chi connectivity index (χ0v) is 16.7. The van der Waals surface area contributed by atoms with E-state index in [1.807, 2.05) is 49.4 Å². The maximum atomic E-state index is 12.6. The van der Waals surface area contributed by atoms with Gasteiger partial charge < -0.3 is 10.2 Å². The van der Waals surface area contributed by atoms with E-state index in [0.29, 0.717) is 24.5 Å². The fourth-order valence-corrected chi connectivity index (χ4v) is 2.98. The lowest BCUT2D eigenvalue weighted by Crippen LogP contribution is -2.47. The van der Waals surface area contributed by atoms with Crippen LogP contribution >= 0.6 is 11.6 Å². The molecule has 0 saturated heterocycles. The molecule has 2 aromatic carbocycles. The molecule has 0 bridgehead atoms. The van der Waals surface area contributed by atoms with Gasteiger partial charge in [-0.1, -0.05) is 61.0 Å². The van der Waals surface area contributed by atoms with Crippen molar-refractivity contribution in [3.8, 4) is 0 Å². The molecule has 0 aliphatic carbocycles. The molecule has 0 aromatic heterocycles. The second-order valence-corrected chi connectivity index (χ2v) is 7.04. The third kappa shape index (κ3) is 6.72. The number of benzene rings is 2. The summed E-state index contributed by atoms with van der Waals surface area (Å²) < 4.78 is 0. The number of carbonyl (C=O) groups excluding carboxylic acids is 2. The second-order valence-electron chi connectivity index (χ2n) is 6.60. The SMILES string of the molecule is CCCC(=O)N(Cc1ccc(Cl)cc1)C(C)C(=O)NCCc1ccccc1. The average Bonchev–Trinajstić information content (AvgIpc) is 2.68. The Labute approximate surface area is 166 Å². The molecule has 0 aliphatic heterocycles. The van der Waals surface area contributed by atoms with Crippen molar-refractivity contribution in [1.29, 1.82) is 0 Å². The molecule has 5 heteroatoms. The Morgan fingerprint density at radius 1 is 1.04 bits per heavy atom. The molecule has 2 rings (SSSR count). The maximum Gasteiger partial charge on any atom is 0.242 e. The summed E-state index contributed by atoms with van der Waals surface area (Å²) in [4.78, 5) is 26.8. The first-order chi connectivity index (χ1) is 13.0. The average molecular weight is 387 g/mol. The lowest BCUT2D eigenvalue weighted by molar-refractivity contribution is -0.140. The van der Waals surface area contributed by atoms with Crippen LogP contribution in [0.5, 0.6) is 0 Å². The zero-order chi connectivity index (χ0) is 19.6. The fourth-order valence-electron chi connectivity index (χ4n) is 2.85. The van der Waals surface area contributed by atoms with Gasteiger partial charge in [-0.15, -0.1) is 0 Å². The first-order valence-electron chi connectivity index (χ1n) is 9.36. The highest BCUT2D eigenvalue weighted by molar-refractivity contribution is 6.30. The Hall–Kier alpha value is -2.33. The zero-order valence-electron chi connectivity index (χ0n) is 16.0. The molecule has 1 unspecified atom stereocenters. The Kier molecular flexibility index (Phi) is 8.34. The minimum Gasteiger partial charge on any atom is -0.354 e. The highest BCUT2D eigenvalue weighted by Crippen LogP contribution is 2.15. The molecule has 0 heterocycles. The largest absolute Gasteiger partial charge is 0.354 e. The number of hydrogen-bond donors (Lipinski definition) is 1. The Bertz CT molecular complexity index is 732. The van der Waals surface area contributed by atoms with Crippen molar-refractivity contribution in [2.24, 2.45) is 0 Å². The monoisotopic (exact) mass is 386 g/mol. The summed E-state index contributed by atoms with van der Waals surface area (Å²) in [5, 5.41) is 3.60. The van der Waals surface area contributed by atoms with E-state index in [0.717, 1.165) is 18.4 Å². The number of nitrogens with one attached hydrogen (secondary N) is 1. The lowest BCUT2D eigenvalue weighted by atomic mass is 10.1. The van der Waals surface area contributed by atoms with Gasteiger partial charge in [0.25, 0.3) is 0 Å². The van der Waals surface area contributed by atoms with E-state index in [9.17, 15) is 9.59 Å². The molecule has 1 atom stereocenters. The van der Waals surface area contributed by atoms with Crippen LogP contribution in [-0.2, 0) is 22.6 Å². The van der Waals surface area contributed by atoms with Gasteiger partial charge in [0.15, 0.2) is 0 Å². The Morgan fingerprint density at radius 3 is 2.33 bits per heavy atom. The standard InChI is InChI=1S/C22H27ClN2O2/c1-3-7-21(26)25(16-19-10-12-20(23)13-11-19)17(2)22(27)24-15-14-18-8-5-4-6-9-18/h4-6,8-13,17H,3,7,14-16H2,1-2H3,(H,24,27). The van der Waals surface area contributed by atoms with Crippen LogP contribution in [0.1, 0.15) is 37.8 Å². The van der Waals surface area contributed by atoms with E-state index >= 15 is 0 Å². The third-order valence-corrected chi connectivity index (χ3v) is 4.71. The quantitative estimate of drug-likeness (QED) is 0.701. The van der Waals surface area contributed by atoms with E-state index in [4.69, 9.17) is 11.6 Å². The number of hydrogen-bond acceptors (Lipinski definition) is 2. The summed E-state index contributed by atoms with van der Waals surface area (Å²) in [6, 6.07) is 16.8. The summed E-state index contributed by atoms with van der Waals surface area (Å²) in [5.41, 5.74) is 2.12. The number of carbonyl (C=O) groups is 2. The van der Waals surface area contributed by atoms with Crippen LogP contribution in [0.4, 0.5) is 0 Å². The van der Waals surface area contributed by atoms with Crippen molar-refractivity contribution in [3.63, 3.8) is 0 Å². The number of nitrogens with zero attached hydrogens (tertiary/aromatic N) is 1. The predicted molar refractivity (Wildman–Crippen MR) is 110 cm³/mol. The smallest absolute Gasteiger partial charge is 0.242 e. The Balaban J connectivity index is 1.98. The molecule has 0 spiro atoms. The molecule has 1 N–H and O–H groups in total. The van der Waals surface area contributed by atoms with Gasteiger partial charge in [0.2, 0.25) is 11.8 Å². The van der Waals surface area contributed by atoms with Crippen molar-refractivity contribution >= 4 is 23.4 Å². The van der Waals surface area contributed by atoms with E-state index in [1.54, 1.807) is 24.0 Å². The van der Waals surface area contributed by atoms with Crippen LogP contribution in [0.2, 0.25) is 5.02 Å². The van der Waals surface area contributed by atoms with E-state index in [-0.39, 0.29) is 11.8 Å². The lowest BCUT2D eigenvalue weighted by Gasteiger charge is -2.29. The van der Waals surface area contributed by atoms with E-state index < -0.39 is 6.04 Å². The highest BCUT2D eigenvalue weighted by Gasteiger charge is 2.25. The van der Waals surface area contributed by atoms with Gasteiger partial charge in [0.05, 0.1) is 0 Å². The van der Waals surface area contributed by atoms with Gasteiger partial charge in [-0.25, -0.2) is 0 Å². The van der Waals surface area contributed by atoms with E-state index in [2.05, 4.69) is 5.32 Å². The van der Waals surface area contributed by atoms with Gasteiger partial charge in [0.1, 0.15) is 6.04 Å². The van der Waals surface area contributed by atoms with Crippen molar-refractivity contribution in [2.45, 2.75) is 45.7 Å². The highest BCUT2D eigenvalue weighted by atomic mass is 35.5. The van der Waals surface area contributed by atoms with Crippen molar-refractivity contribution in [3.05, 3.63) is 70.7 Å². The molecule has 0 radical (unpaired) electrons. The van der Waals surface area contributed by atoms with Crippen LogP contribution in [0, 0.1) is 0 Å². The van der Waals surface area contributed by atoms with Crippen LogP contribution < -0.4 is 5.32 Å². The van der Waals surface area contributed by atoms with Gasteiger partial charge in [-0.2, -0.15) is 0 Å². The van der Waals surface area contributed by atoms with Gasteiger partial charge in [0, 0.05) is 24.5 Å². The molecule has 2 aromatic rings. The van der Waals surface area contributed by atoms with Crippen molar-refractivity contribution in [1.82, 2.24) is 10.2 Å². The molecule has 0 aliphatic rings. The Morgan fingerprint density at radius 2 is 1.70 bits per heavy atom. The number of amides is 2. The molecular formula is C22H27ClN2O2. The molecule has 0 saturated carbocycles. The summed E-state index contributed by atoms with van der Waals surface area (Å²) in [7, 11) is 0. The first-order valence-corrected chi connectivity index (χ1v) is 9.74. The number of halogens is 1. The van der Waals surface area contributed by atoms with Gasteiger partial charge in [-0.05, 0) is 43.0 Å². The third-order valence-electron chi connectivity index (χ3n) is 4.45. The van der Waals surface area contributed by atoms with Gasteiger partial charge >= 0.3 is 0 Å². The molecule has 144 valence electrons. The predicted octanol–water partition coefficient (Wildman–Crippen LogP) is 4.22. The molecule has 4 nitrogen and oxygen atoms in total. The normalized spacial score (nSPS) is 11.7. The van der Waals surface area contributed by atoms with Crippen LogP contribution in [0.25, 0.3) is 0 Å². The number of rotatable bonds is 9. The summed E-state index contributed by atoms with van der Waals surface area (Å²) >= 11 is 5.94. The second kappa shape index (κ2) is 10.7. The minimum atomic E-state index is -0.532. The summed E-state index contributed by atoms with van der Waals surface area (Å²) in [6.45, 7) is 4.68. The molecule has 0 fully saturated rings. The maximum absolute atomic E-state index is 12.6. The molecule has 2 amide bonds.